The summed E-state index contributed by atoms with van der Waals surface area (Å²) in [5, 5.41) is 8.61. The minimum Gasteiger partial charge on any atom is -0.350 e. The molecule has 0 unspecified atom stereocenters. The number of amidine groups is 1. The maximum atomic E-state index is 13.4. The highest BCUT2D eigenvalue weighted by atomic mass is 35.5. The lowest BCUT2D eigenvalue weighted by Gasteiger charge is -2.20. The van der Waals surface area contributed by atoms with Gasteiger partial charge in [0, 0.05) is 12.7 Å². The number of hydrogen-bond donors (Lipinski definition) is 1. The van der Waals surface area contributed by atoms with Crippen molar-refractivity contribution in [3.63, 3.8) is 0 Å². The zero-order chi connectivity index (χ0) is 16.4. The zero-order valence-corrected chi connectivity index (χ0v) is 12.9. The van der Waals surface area contributed by atoms with Crippen LogP contribution in [-0.2, 0) is 11.3 Å². The van der Waals surface area contributed by atoms with Crippen molar-refractivity contribution < 1.29 is 9.18 Å². The number of amides is 1. The first-order chi connectivity index (χ1) is 11.0. The molecule has 118 valence electrons. The number of nitrogens with one attached hydrogen (secondary N) is 1. The van der Waals surface area contributed by atoms with Gasteiger partial charge in [-0.3, -0.25) is 9.69 Å². The van der Waals surface area contributed by atoms with Crippen LogP contribution in [0.5, 0.6) is 0 Å². The van der Waals surface area contributed by atoms with Crippen LogP contribution < -0.4 is 5.32 Å². The van der Waals surface area contributed by atoms with Crippen LogP contribution >= 0.6 is 11.6 Å². The van der Waals surface area contributed by atoms with E-state index in [9.17, 15) is 9.18 Å². The molecular formula is C16H14ClFN4O. The highest BCUT2D eigenvalue weighted by Gasteiger charge is 2.26. The van der Waals surface area contributed by atoms with E-state index in [2.05, 4.69) is 17.0 Å². The van der Waals surface area contributed by atoms with Crippen LogP contribution in [0.1, 0.15) is 5.56 Å². The summed E-state index contributed by atoms with van der Waals surface area (Å²) < 4.78 is 13.4. The number of rotatable bonds is 4. The number of allylic oxidation sites excluding steroid dienone is 2. The van der Waals surface area contributed by atoms with Crippen molar-refractivity contribution in [3.05, 3.63) is 71.4 Å². The van der Waals surface area contributed by atoms with Gasteiger partial charge in [-0.15, -0.1) is 0 Å². The third-order valence-corrected chi connectivity index (χ3v) is 3.71. The molecule has 0 fully saturated rings. The van der Waals surface area contributed by atoms with E-state index in [1.165, 1.54) is 17.1 Å². The Bertz CT molecular complexity index is 756. The molecule has 1 N–H and O–H groups in total. The van der Waals surface area contributed by atoms with Gasteiger partial charge in [0.1, 0.15) is 18.2 Å². The Morgan fingerprint density at radius 1 is 1.39 bits per heavy atom. The molecule has 2 aliphatic rings. The maximum absolute atomic E-state index is 13.4. The Labute approximate surface area is 138 Å². The van der Waals surface area contributed by atoms with E-state index in [0.717, 1.165) is 0 Å². The van der Waals surface area contributed by atoms with E-state index in [-0.39, 0.29) is 24.0 Å². The van der Waals surface area contributed by atoms with Crippen molar-refractivity contribution in [2.45, 2.75) is 6.54 Å². The number of hydrogen-bond acceptors (Lipinski definition) is 4. The quantitative estimate of drug-likeness (QED) is 0.922. The Balaban J connectivity index is 1.57. The minimum absolute atomic E-state index is 0.0383. The predicted octanol–water partition coefficient (Wildman–Crippen LogP) is 2.58. The largest absolute Gasteiger partial charge is 0.350 e. The summed E-state index contributed by atoms with van der Waals surface area (Å²) in [4.78, 5) is 13.8. The number of hydrazone groups is 1. The molecule has 2 aliphatic heterocycles. The maximum Gasteiger partial charge on any atom is 0.242 e. The average molecular weight is 333 g/mol. The molecule has 0 saturated heterocycles. The predicted molar refractivity (Wildman–Crippen MR) is 86.7 cm³/mol. The molecule has 0 radical (unpaired) electrons. The van der Waals surface area contributed by atoms with Crippen molar-refractivity contribution in [2.24, 2.45) is 5.10 Å². The van der Waals surface area contributed by atoms with Crippen LogP contribution in [0.4, 0.5) is 4.39 Å². The van der Waals surface area contributed by atoms with E-state index in [1.807, 2.05) is 24.4 Å². The van der Waals surface area contributed by atoms with Crippen LogP contribution in [0, 0.1) is 5.82 Å². The molecule has 0 bridgehead atoms. The van der Waals surface area contributed by atoms with Gasteiger partial charge >= 0.3 is 0 Å². The summed E-state index contributed by atoms with van der Waals surface area (Å²) in [7, 11) is 0. The molecule has 1 aromatic rings. The Morgan fingerprint density at radius 2 is 2.22 bits per heavy atom. The molecule has 0 spiro atoms. The first kappa shape index (κ1) is 15.3. The van der Waals surface area contributed by atoms with Gasteiger partial charge in [-0.25, -0.2) is 9.40 Å². The molecule has 1 aromatic carbocycles. The zero-order valence-electron chi connectivity index (χ0n) is 12.2. The van der Waals surface area contributed by atoms with Gasteiger partial charge in [0.25, 0.3) is 0 Å². The standard InChI is InChI=1S/C16H14ClFN4O/c1-11-21-7-3-2-4-15(21)20-22(11)10-16(23)19-9-12-5-6-13(17)14(18)8-12/h2-8H,1,9-10H2,(H,19,23). The van der Waals surface area contributed by atoms with Crippen LogP contribution in [0.15, 0.2) is 60.1 Å². The van der Waals surface area contributed by atoms with Crippen LogP contribution in [0.3, 0.4) is 0 Å². The molecule has 23 heavy (non-hydrogen) atoms. The molecule has 3 rings (SSSR count). The highest BCUT2D eigenvalue weighted by Crippen LogP contribution is 2.21. The number of carbonyl (C=O) groups is 1. The Hall–Kier alpha value is -2.60. The average Bonchev–Trinajstić information content (AvgIpc) is 2.85. The van der Waals surface area contributed by atoms with Gasteiger partial charge in [0.05, 0.1) is 5.02 Å². The number of nitrogens with zero attached hydrogens (tertiary/aromatic N) is 3. The second-order valence-corrected chi connectivity index (χ2v) is 5.44. The van der Waals surface area contributed by atoms with Crippen molar-refractivity contribution in [1.82, 2.24) is 15.2 Å². The van der Waals surface area contributed by atoms with E-state index in [0.29, 0.717) is 17.2 Å². The number of fused-ring (bicyclic) bond motifs is 1. The lowest BCUT2D eigenvalue weighted by atomic mass is 10.2. The molecule has 0 saturated carbocycles. The SMILES string of the molecule is C=C1N(CC(=O)NCc2ccc(Cl)c(F)c2)N=C2C=CC=CN12. The second kappa shape index (κ2) is 6.26. The summed E-state index contributed by atoms with van der Waals surface area (Å²) in [6.45, 7) is 4.17. The molecule has 1 amide bonds. The van der Waals surface area contributed by atoms with Gasteiger partial charge in [-0.1, -0.05) is 30.3 Å². The van der Waals surface area contributed by atoms with Crippen molar-refractivity contribution in [3.8, 4) is 0 Å². The lowest BCUT2D eigenvalue weighted by Crippen LogP contribution is -2.34. The minimum atomic E-state index is -0.506. The first-order valence-electron chi connectivity index (χ1n) is 6.94. The van der Waals surface area contributed by atoms with Gasteiger partial charge < -0.3 is 5.32 Å². The monoisotopic (exact) mass is 332 g/mol. The highest BCUT2D eigenvalue weighted by molar-refractivity contribution is 6.30. The number of benzene rings is 1. The van der Waals surface area contributed by atoms with Gasteiger partial charge in [-0.2, -0.15) is 5.10 Å². The smallest absolute Gasteiger partial charge is 0.242 e. The second-order valence-electron chi connectivity index (χ2n) is 5.03. The van der Waals surface area contributed by atoms with Crippen LogP contribution in [0.2, 0.25) is 5.02 Å². The van der Waals surface area contributed by atoms with Crippen LogP contribution in [-0.4, -0.2) is 28.2 Å². The lowest BCUT2D eigenvalue weighted by molar-refractivity contribution is -0.122. The van der Waals surface area contributed by atoms with Crippen molar-refractivity contribution >= 4 is 23.3 Å². The van der Waals surface area contributed by atoms with E-state index in [4.69, 9.17) is 11.6 Å². The normalized spacial score (nSPS) is 15.7. The molecule has 0 atom stereocenters. The summed E-state index contributed by atoms with van der Waals surface area (Å²) in [5.74, 6) is 0.574. The summed E-state index contributed by atoms with van der Waals surface area (Å²) >= 11 is 5.62. The van der Waals surface area contributed by atoms with Gasteiger partial charge in [-0.05, 0) is 29.8 Å². The molecule has 0 aliphatic carbocycles. The van der Waals surface area contributed by atoms with E-state index >= 15 is 0 Å². The summed E-state index contributed by atoms with van der Waals surface area (Å²) in [5.41, 5.74) is 0.634. The Kier molecular flexibility index (Phi) is 4.16. The third kappa shape index (κ3) is 3.27. The van der Waals surface area contributed by atoms with E-state index in [1.54, 1.807) is 11.0 Å². The Morgan fingerprint density at radius 3 is 2.96 bits per heavy atom. The van der Waals surface area contributed by atoms with E-state index < -0.39 is 5.82 Å². The van der Waals surface area contributed by atoms with Gasteiger partial charge in [0.15, 0.2) is 5.84 Å². The topological polar surface area (TPSA) is 47.9 Å². The molecule has 2 heterocycles. The van der Waals surface area contributed by atoms with Crippen LogP contribution in [0.25, 0.3) is 0 Å². The fraction of sp³-hybridized carbons (Fsp3) is 0.125. The third-order valence-electron chi connectivity index (χ3n) is 3.40. The molecule has 7 heteroatoms. The molecule has 5 nitrogen and oxygen atoms in total. The number of carbonyl (C=O) groups excluding carboxylic acids is 1. The summed E-state index contributed by atoms with van der Waals surface area (Å²) in [6, 6.07) is 4.42. The number of halogens is 2. The fourth-order valence-electron chi connectivity index (χ4n) is 2.21. The van der Waals surface area contributed by atoms with Crippen molar-refractivity contribution in [2.75, 3.05) is 6.54 Å². The first-order valence-corrected chi connectivity index (χ1v) is 7.32. The fourth-order valence-corrected chi connectivity index (χ4v) is 2.33. The van der Waals surface area contributed by atoms with Crippen molar-refractivity contribution in [1.29, 1.82) is 0 Å². The molecule has 0 aromatic heterocycles. The van der Waals surface area contributed by atoms with Gasteiger partial charge in [0.2, 0.25) is 5.91 Å². The molecular weight excluding hydrogens is 319 g/mol. The summed E-state index contributed by atoms with van der Waals surface area (Å²) in [6.07, 6.45) is 7.39.